The highest BCUT2D eigenvalue weighted by Crippen LogP contribution is 2.19. The van der Waals surface area contributed by atoms with E-state index >= 15 is 0 Å². The molecule has 1 aliphatic carbocycles. The fraction of sp³-hybridized carbons (Fsp3) is 0.600. The van der Waals surface area contributed by atoms with Gasteiger partial charge in [-0.25, -0.2) is 0 Å². The van der Waals surface area contributed by atoms with Crippen molar-refractivity contribution < 1.29 is 9.59 Å². The van der Waals surface area contributed by atoms with Crippen LogP contribution in [0, 0.1) is 0 Å². The standard InChI is InChI=1S/C20H29N3O2/c1-15(24)22-19-10-8-18(9-11-19)21-13-16-4-6-17(7-5-16)14-23-12-2-3-20(23)25/h4-7,18-19,21H,2-3,8-14H2,1H3,(H,22,24). The molecule has 0 aromatic heterocycles. The zero-order chi connectivity index (χ0) is 17.6. The maximum atomic E-state index is 11.7. The van der Waals surface area contributed by atoms with Crippen molar-refractivity contribution in [2.75, 3.05) is 6.54 Å². The molecule has 1 aromatic rings. The minimum Gasteiger partial charge on any atom is -0.354 e. The van der Waals surface area contributed by atoms with Crippen LogP contribution in [0.15, 0.2) is 24.3 Å². The average molecular weight is 343 g/mol. The third kappa shape index (κ3) is 5.30. The van der Waals surface area contributed by atoms with E-state index in [1.54, 1.807) is 6.92 Å². The van der Waals surface area contributed by atoms with Gasteiger partial charge in [-0.3, -0.25) is 9.59 Å². The molecule has 1 aromatic carbocycles. The second kappa shape index (κ2) is 8.48. The fourth-order valence-corrected chi connectivity index (χ4v) is 3.85. The van der Waals surface area contributed by atoms with Crippen LogP contribution in [0.3, 0.4) is 0 Å². The molecule has 1 saturated carbocycles. The van der Waals surface area contributed by atoms with Crippen molar-refractivity contribution in [2.24, 2.45) is 0 Å². The van der Waals surface area contributed by atoms with Crippen LogP contribution < -0.4 is 10.6 Å². The number of rotatable bonds is 6. The second-order valence-electron chi connectivity index (χ2n) is 7.37. The molecule has 2 aliphatic rings. The van der Waals surface area contributed by atoms with E-state index in [1.165, 1.54) is 11.1 Å². The summed E-state index contributed by atoms with van der Waals surface area (Å²) in [7, 11) is 0. The zero-order valence-corrected chi connectivity index (χ0v) is 15.1. The van der Waals surface area contributed by atoms with Crippen LogP contribution in [0.25, 0.3) is 0 Å². The maximum absolute atomic E-state index is 11.7. The first kappa shape index (κ1) is 17.9. The van der Waals surface area contributed by atoms with Gasteiger partial charge in [-0.15, -0.1) is 0 Å². The lowest BCUT2D eigenvalue weighted by Crippen LogP contribution is -2.41. The Hall–Kier alpha value is -1.88. The van der Waals surface area contributed by atoms with Crippen molar-refractivity contribution >= 4 is 11.8 Å². The highest BCUT2D eigenvalue weighted by molar-refractivity contribution is 5.78. The molecule has 0 radical (unpaired) electrons. The largest absolute Gasteiger partial charge is 0.354 e. The van der Waals surface area contributed by atoms with Crippen molar-refractivity contribution in [3.05, 3.63) is 35.4 Å². The highest BCUT2D eigenvalue weighted by atomic mass is 16.2. The van der Waals surface area contributed by atoms with Crippen LogP contribution >= 0.6 is 0 Å². The topological polar surface area (TPSA) is 61.4 Å². The van der Waals surface area contributed by atoms with Gasteiger partial charge in [0.25, 0.3) is 0 Å². The molecule has 2 N–H and O–H groups in total. The number of nitrogens with one attached hydrogen (secondary N) is 2. The molecule has 0 bridgehead atoms. The van der Waals surface area contributed by atoms with E-state index in [2.05, 4.69) is 34.9 Å². The van der Waals surface area contributed by atoms with Gasteiger partial charge in [-0.2, -0.15) is 0 Å². The number of hydrogen-bond acceptors (Lipinski definition) is 3. The number of likely N-dealkylation sites (tertiary alicyclic amines) is 1. The van der Waals surface area contributed by atoms with Crippen molar-refractivity contribution in [3.8, 4) is 0 Å². The molecule has 1 saturated heterocycles. The van der Waals surface area contributed by atoms with Gasteiger partial charge in [-0.1, -0.05) is 24.3 Å². The summed E-state index contributed by atoms with van der Waals surface area (Å²) in [6.45, 7) is 4.09. The first-order valence-corrected chi connectivity index (χ1v) is 9.46. The SMILES string of the molecule is CC(=O)NC1CCC(NCc2ccc(CN3CCCC3=O)cc2)CC1. The Morgan fingerprint density at radius 2 is 1.72 bits per heavy atom. The minimum absolute atomic E-state index is 0.0760. The lowest BCUT2D eigenvalue weighted by atomic mass is 9.91. The Balaban J connectivity index is 1.40. The number of amides is 2. The quantitative estimate of drug-likeness (QED) is 0.833. The van der Waals surface area contributed by atoms with Crippen molar-refractivity contribution in [2.45, 2.75) is 70.6 Å². The third-order valence-electron chi connectivity index (χ3n) is 5.30. The number of carbonyl (C=O) groups excluding carboxylic acids is 2. The molecule has 5 nitrogen and oxygen atoms in total. The molecule has 2 amide bonds. The van der Waals surface area contributed by atoms with Crippen molar-refractivity contribution in [3.63, 3.8) is 0 Å². The molecular formula is C20H29N3O2. The predicted octanol–water partition coefficient (Wildman–Crippen LogP) is 2.35. The van der Waals surface area contributed by atoms with Gasteiger partial charge >= 0.3 is 0 Å². The predicted molar refractivity (Wildman–Crippen MR) is 97.8 cm³/mol. The molecule has 1 aliphatic heterocycles. The Morgan fingerprint density at radius 3 is 2.32 bits per heavy atom. The first-order chi connectivity index (χ1) is 12.1. The van der Waals surface area contributed by atoms with E-state index in [0.717, 1.165) is 51.7 Å². The number of nitrogens with zero attached hydrogens (tertiary/aromatic N) is 1. The molecule has 5 heteroatoms. The summed E-state index contributed by atoms with van der Waals surface area (Å²) < 4.78 is 0. The number of hydrogen-bond donors (Lipinski definition) is 2. The van der Waals surface area contributed by atoms with Gasteiger partial charge in [0, 0.05) is 45.1 Å². The third-order valence-corrected chi connectivity index (χ3v) is 5.30. The molecule has 3 rings (SSSR count). The first-order valence-electron chi connectivity index (χ1n) is 9.46. The van der Waals surface area contributed by atoms with Gasteiger partial charge < -0.3 is 15.5 Å². The molecule has 136 valence electrons. The molecule has 2 fully saturated rings. The summed E-state index contributed by atoms with van der Waals surface area (Å²) in [5.74, 6) is 0.354. The lowest BCUT2D eigenvalue weighted by Gasteiger charge is -2.29. The highest BCUT2D eigenvalue weighted by Gasteiger charge is 2.21. The van der Waals surface area contributed by atoms with Crippen LogP contribution in [0.5, 0.6) is 0 Å². The molecule has 25 heavy (non-hydrogen) atoms. The summed E-state index contributed by atoms with van der Waals surface area (Å²) in [5.41, 5.74) is 2.48. The van der Waals surface area contributed by atoms with Crippen molar-refractivity contribution in [1.29, 1.82) is 0 Å². The zero-order valence-electron chi connectivity index (χ0n) is 15.1. The fourth-order valence-electron chi connectivity index (χ4n) is 3.85. The van der Waals surface area contributed by atoms with Crippen LogP contribution in [-0.2, 0) is 22.7 Å². The van der Waals surface area contributed by atoms with Crippen LogP contribution in [0.4, 0.5) is 0 Å². The Kier molecular flexibility index (Phi) is 6.08. The molecular weight excluding hydrogens is 314 g/mol. The molecule has 0 spiro atoms. The van der Waals surface area contributed by atoms with Gasteiger partial charge in [0.2, 0.25) is 11.8 Å². The van der Waals surface area contributed by atoms with E-state index in [4.69, 9.17) is 0 Å². The molecule has 0 unspecified atom stereocenters. The van der Waals surface area contributed by atoms with Crippen LogP contribution in [0.2, 0.25) is 0 Å². The van der Waals surface area contributed by atoms with Gasteiger partial charge in [-0.05, 0) is 43.2 Å². The second-order valence-corrected chi connectivity index (χ2v) is 7.37. The Labute approximate surface area is 150 Å². The Morgan fingerprint density at radius 1 is 1.08 bits per heavy atom. The summed E-state index contributed by atoms with van der Waals surface area (Å²) in [6, 6.07) is 9.47. The monoisotopic (exact) mass is 343 g/mol. The van der Waals surface area contributed by atoms with E-state index in [-0.39, 0.29) is 11.8 Å². The van der Waals surface area contributed by atoms with E-state index in [0.29, 0.717) is 18.5 Å². The maximum Gasteiger partial charge on any atom is 0.222 e. The van der Waals surface area contributed by atoms with Gasteiger partial charge in [0.1, 0.15) is 0 Å². The smallest absolute Gasteiger partial charge is 0.222 e. The number of benzene rings is 1. The van der Waals surface area contributed by atoms with Gasteiger partial charge in [0.05, 0.1) is 0 Å². The summed E-state index contributed by atoms with van der Waals surface area (Å²) >= 11 is 0. The lowest BCUT2D eigenvalue weighted by molar-refractivity contribution is -0.128. The Bertz CT molecular complexity index is 591. The van der Waals surface area contributed by atoms with Gasteiger partial charge in [0.15, 0.2) is 0 Å². The normalized spacial score (nSPS) is 23.7. The molecule has 0 atom stereocenters. The average Bonchev–Trinajstić information content (AvgIpc) is 3.00. The van der Waals surface area contributed by atoms with Crippen molar-refractivity contribution in [1.82, 2.24) is 15.5 Å². The summed E-state index contributed by atoms with van der Waals surface area (Å²) in [6.07, 6.45) is 6.03. The van der Waals surface area contributed by atoms with Crippen LogP contribution in [-0.4, -0.2) is 35.3 Å². The van der Waals surface area contributed by atoms with E-state index in [1.807, 2.05) is 4.90 Å². The summed E-state index contributed by atoms with van der Waals surface area (Å²) in [5, 5.41) is 6.65. The minimum atomic E-state index is 0.0760. The molecule has 1 heterocycles. The van der Waals surface area contributed by atoms with E-state index < -0.39 is 0 Å². The van der Waals surface area contributed by atoms with Crippen LogP contribution in [0.1, 0.15) is 56.6 Å². The number of carbonyl (C=O) groups is 2. The summed E-state index contributed by atoms with van der Waals surface area (Å²) in [4.78, 5) is 24.8. The van der Waals surface area contributed by atoms with E-state index in [9.17, 15) is 9.59 Å².